The Morgan fingerprint density at radius 3 is 2.57 bits per heavy atom. The van der Waals surface area contributed by atoms with Gasteiger partial charge < -0.3 is 45.4 Å². The number of aliphatic hydroxyl groups is 2. The number of hydrogen-bond acceptors (Lipinski definition) is 13. The molecular formula is C30H25Cl2F2N9O10S. The Balaban J connectivity index is 1.07. The highest BCUT2D eigenvalue weighted by Crippen LogP contribution is 2.42. The van der Waals surface area contributed by atoms with Crippen molar-refractivity contribution in [3.05, 3.63) is 96.2 Å². The van der Waals surface area contributed by atoms with E-state index in [-0.39, 0.29) is 35.4 Å². The van der Waals surface area contributed by atoms with Gasteiger partial charge in [0, 0.05) is 11.9 Å². The van der Waals surface area contributed by atoms with Gasteiger partial charge in [-0.25, -0.2) is 14.2 Å². The van der Waals surface area contributed by atoms with Crippen molar-refractivity contribution in [2.45, 2.75) is 43.6 Å². The highest BCUT2D eigenvalue weighted by Gasteiger charge is 2.59. The third kappa shape index (κ3) is 7.88. The number of nitrogens with zero attached hydrogens (tertiary/aromatic N) is 5. The lowest BCUT2D eigenvalue weighted by Gasteiger charge is -2.21. The third-order valence-corrected chi connectivity index (χ3v) is 9.87. The quantitative estimate of drug-likeness (QED) is 0.0784. The van der Waals surface area contributed by atoms with Gasteiger partial charge in [0.15, 0.2) is 6.10 Å². The van der Waals surface area contributed by atoms with Gasteiger partial charge in [-0.05, 0) is 34.8 Å². The monoisotopic (exact) mass is 811 g/mol. The number of nitrogens with one attached hydrogen (secondary N) is 4. The van der Waals surface area contributed by atoms with Crippen molar-refractivity contribution in [2.24, 2.45) is 0 Å². The van der Waals surface area contributed by atoms with Crippen molar-refractivity contribution in [1.82, 2.24) is 29.4 Å². The first-order chi connectivity index (χ1) is 25.7. The topological polar surface area (TPSA) is 258 Å². The molecule has 284 valence electrons. The summed E-state index contributed by atoms with van der Waals surface area (Å²) in [5.74, 6) is -6.27. The number of alkyl halides is 2. The molecule has 1 saturated heterocycles. The second kappa shape index (κ2) is 15.5. The van der Waals surface area contributed by atoms with Crippen LogP contribution in [0.15, 0.2) is 59.8 Å². The molecule has 0 aliphatic carbocycles. The van der Waals surface area contributed by atoms with Gasteiger partial charge in [-0.15, -0.1) is 11.3 Å². The lowest BCUT2D eigenvalue weighted by molar-refractivity contribution is -0.396. The Labute approximate surface area is 313 Å². The molecule has 4 atom stereocenters. The van der Waals surface area contributed by atoms with Gasteiger partial charge in [0.25, 0.3) is 5.91 Å². The van der Waals surface area contributed by atoms with Crippen LogP contribution in [-0.4, -0.2) is 87.9 Å². The number of carbonyl (C=O) groups excluding carboxylic acids is 3. The molecule has 1 aliphatic rings. The van der Waals surface area contributed by atoms with Crippen LogP contribution in [0.5, 0.6) is 0 Å². The van der Waals surface area contributed by atoms with E-state index in [1.54, 1.807) is 0 Å². The van der Waals surface area contributed by atoms with Gasteiger partial charge in [0.1, 0.15) is 53.5 Å². The van der Waals surface area contributed by atoms with Crippen LogP contribution in [0.2, 0.25) is 9.36 Å². The van der Waals surface area contributed by atoms with Crippen molar-refractivity contribution in [3.63, 3.8) is 0 Å². The number of carbonyl (C=O) groups is 3. The number of thiophene rings is 1. The first kappa shape index (κ1) is 38.2. The molecule has 4 aromatic heterocycles. The minimum atomic E-state index is -3.92. The number of aromatic amines is 1. The summed E-state index contributed by atoms with van der Waals surface area (Å²) < 4.78 is 41.3. The molecule has 0 bridgehead atoms. The molecular weight excluding hydrogens is 787 g/mol. The number of H-pyrrole nitrogens is 1. The number of aromatic nitrogens is 5. The highest BCUT2D eigenvalue weighted by atomic mass is 35.5. The lowest BCUT2D eigenvalue weighted by Crippen LogP contribution is -2.46. The van der Waals surface area contributed by atoms with E-state index in [1.165, 1.54) is 42.7 Å². The summed E-state index contributed by atoms with van der Waals surface area (Å²) >= 11 is 13.4. The van der Waals surface area contributed by atoms with E-state index >= 15 is 0 Å². The number of fused-ring (bicyclic) bond motifs is 1. The van der Waals surface area contributed by atoms with E-state index < -0.39 is 71.5 Å². The second-order valence-corrected chi connectivity index (χ2v) is 13.5. The molecule has 24 heteroatoms. The zero-order valence-corrected chi connectivity index (χ0v) is 29.3. The summed E-state index contributed by atoms with van der Waals surface area (Å²) in [4.78, 5) is 72.1. The number of halogens is 4. The summed E-state index contributed by atoms with van der Waals surface area (Å²) in [7, 11) is 0. The van der Waals surface area contributed by atoms with Gasteiger partial charge in [-0.1, -0.05) is 40.3 Å². The molecule has 1 aromatic carbocycles. The summed E-state index contributed by atoms with van der Waals surface area (Å²) in [6.07, 6.45) is -3.99. The Hall–Kier alpha value is -5.52. The van der Waals surface area contributed by atoms with Crippen LogP contribution < -0.4 is 21.6 Å². The molecule has 6 rings (SSSR count). The number of aliphatic hydroxyl groups excluding tert-OH is 2. The first-order valence-electron chi connectivity index (χ1n) is 15.3. The fourth-order valence-electron chi connectivity index (χ4n) is 5.27. The van der Waals surface area contributed by atoms with Gasteiger partial charge in [0.2, 0.25) is 12.1 Å². The average Bonchev–Trinajstić information content (AvgIpc) is 3.88. The zero-order chi connectivity index (χ0) is 38.9. The second-order valence-electron chi connectivity index (χ2n) is 11.5. The average molecular weight is 813 g/mol. The summed E-state index contributed by atoms with van der Waals surface area (Å²) in [6, 6.07) is 7.06. The van der Waals surface area contributed by atoms with Gasteiger partial charge in [-0.3, -0.25) is 19.5 Å². The molecule has 0 saturated carbocycles. The SMILES string of the molecule is O=C(Nc1ccn([C@@H]2O[C@H](CO)[C@@H](O)C2(F)F)c(=O)n1)OCc1ccc(NC(=O)[C@@H](Cn2ccnc2[N+](=O)[O-])NC(=O)c2cc3sc(Cl)c(Cl)c3[nH]2)cc1. The van der Waals surface area contributed by atoms with Crippen molar-refractivity contribution in [2.75, 3.05) is 17.2 Å². The standard InChI is InChI=1S/C30H25Cl2F2N9O10S/c31-20-21-18(54-23(20)32)9-15(37-21)24(46)38-16(10-41-8-6-35-27(41)43(50)51)25(47)36-14-3-1-13(2-4-14)12-52-29(49)40-19-5-7-42(28(48)39-19)26-30(33,34)22(45)17(11-44)53-26/h1-9,16-17,22,26,37,44-45H,10-12H2,(H,36,47)(H,38,46)(H,39,40,48,49)/t16-,17-,22-,26-/m1/s1. The predicted molar refractivity (Wildman–Crippen MR) is 186 cm³/mol. The highest BCUT2D eigenvalue weighted by molar-refractivity contribution is 7.23. The normalized spacial score (nSPS) is 18.3. The zero-order valence-electron chi connectivity index (χ0n) is 26.9. The molecule has 3 amide bonds. The van der Waals surface area contributed by atoms with E-state index in [4.69, 9.17) is 37.8 Å². The molecule has 6 N–H and O–H groups in total. The maximum Gasteiger partial charge on any atom is 0.434 e. The minimum absolute atomic E-state index is 0.0577. The smallest absolute Gasteiger partial charge is 0.434 e. The Bertz CT molecular complexity index is 2300. The van der Waals surface area contributed by atoms with Crippen LogP contribution in [-0.2, 0) is 27.4 Å². The fourth-order valence-corrected chi connectivity index (χ4v) is 6.75. The maximum atomic E-state index is 14.4. The van der Waals surface area contributed by atoms with Crippen molar-refractivity contribution in [1.29, 1.82) is 0 Å². The lowest BCUT2D eigenvalue weighted by atomic mass is 10.1. The Morgan fingerprint density at radius 2 is 1.93 bits per heavy atom. The number of anilines is 2. The maximum absolute atomic E-state index is 14.4. The van der Waals surface area contributed by atoms with Crippen LogP contribution in [0.4, 0.5) is 31.0 Å². The third-order valence-electron chi connectivity index (χ3n) is 7.94. The first-order valence-corrected chi connectivity index (χ1v) is 16.9. The van der Waals surface area contributed by atoms with Crippen LogP contribution >= 0.6 is 34.5 Å². The largest absolute Gasteiger partial charge is 0.444 e. The Morgan fingerprint density at radius 1 is 1.19 bits per heavy atom. The summed E-state index contributed by atoms with van der Waals surface area (Å²) in [6.45, 7) is -1.58. The number of ether oxygens (including phenoxy) is 2. The number of amides is 3. The number of nitro groups is 1. The van der Waals surface area contributed by atoms with Crippen LogP contribution in [0.25, 0.3) is 10.2 Å². The fraction of sp³-hybridized carbons (Fsp3) is 0.267. The molecule has 5 heterocycles. The van der Waals surface area contributed by atoms with E-state index in [0.717, 1.165) is 28.2 Å². The van der Waals surface area contributed by atoms with E-state index in [0.29, 0.717) is 24.7 Å². The van der Waals surface area contributed by atoms with Crippen LogP contribution in [0.1, 0.15) is 22.3 Å². The molecule has 1 fully saturated rings. The number of imidazole rings is 1. The molecule has 1 aliphatic heterocycles. The van der Waals surface area contributed by atoms with Crippen LogP contribution in [0, 0.1) is 10.1 Å². The molecule has 0 radical (unpaired) electrons. The number of hydrogen-bond donors (Lipinski definition) is 6. The number of rotatable bonds is 12. The van der Waals surface area contributed by atoms with Crippen molar-refractivity contribution >= 4 is 80.1 Å². The van der Waals surface area contributed by atoms with Crippen molar-refractivity contribution in [3.8, 4) is 0 Å². The molecule has 54 heavy (non-hydrogen) atoms. The molecule has 5 aromatic rings. The van der Waals surface area contributed by atoms with E-state index in [1.807, 2.05) is 0 Å². The summed E-state index contributed by atoms with van der Waals surface area (Å²) in [5.41, 5.74) is -0.0780. The minimum Gasteiger partial charge on any atom is -0.444 e. The predicted octanol–water partition coefficient (Wildman–Crippen LogP) is 3.27. The van der Waals surface area contributed by atoms with Crippen molar-refractivity contribution < 1.29 is 47.8 Å². The molecule has 0 spiro atoms. The summed E-state index contributed by atoms with van der Waals surface area (Å²) in [5, 5.41) is 37.9. The van der Waals surface area contributed by atoms with Crippen LogP contribution in [0.3, 0.4) is 0 Å². The van der Waals surface area contributed by atoms with Gasteiger partial charge in [0.05, 0.1) is 21.8 Å². The van der Waals surface area contributed by atoms with E-state index in [2.05, 4.69) is 30.9 Å². The van der Waals surface area contributed by atoms with Gasteiger partial charge in [-0.2, -0.15) is 13.8 Å². The molecule has 19 nitrogen and oxygen atoms in total. The molecule has 0 unspecified atom stereocenters. The number of benzene rings is 1. The Kier molecular flexibility index (Phi) is 10.9. The van der Waals surface area contributed by atoms with Gasteiger partial charge >= 0.3 is 23.7 Å². The van der Waals surface area contributed by atoms with E-state index in [9.17, 15) is 43.2 Å².